The van der Waals surface area contributed by atoms with Crippen molar-refractivity contribution in [2.45, 2.75) is 6.54 Å². The Morgan fingerprint density at radius 3 is 2.41 bits per heavy atom. The molecule has 7 nitrogen and oxygen atoms in total. The highest BCUT2D eigenvalue weighted by atomic mass is 35.5. The molecular formula is C20H24ClN3O4S. The molecule has 2 aromatic rings. The fraction of sp³-hybridized carbons (Fsp3) is 0.350. The Balaban J connectivity index is 1.60. The van der Waals surface area contributed by atoms with E-state index >= 15 is 0 Å². The van der Waals surface area contributed by atoms with E-state index in [1.807, 2.05) is 24.3 Å². The molecule has 3 rings (SSSR count). The topological polar surface area (TPSA) is 79.0 Å². The van der Waals surface area contributed by atoms with Gasteiger partial charge in [-0.1, -0.05) is 35.9 Å². The van der Waals surface area contributed by atoms with Crippen molar-refractivity contribution in [1.29, 1.82) is 0 Å². The van der Waals surface area contributed by atoms with Crippen molar-refractivity contribution in [3.05, 3.63) is 59.1 Å². The molecule has 0 aromatic heterocycles. The number of rotatable bonds is 7. The second-order valence-corrected chi connectivity index (χ2v) is 9.08. The van der Waals surface area contributed by atoms with E-state index in [1.54, 1.807) is 24.3 Å². The summed E-state index contributed by atoms with van der Waals surface area (Å²) in [4.78, 5) is 14.6. The molecule has 2 aromatic carbocycles. The summed E-state index contributed by atoms with van der Waals surface area (Å²) in [5.41, 5.74) is 2.33. The van der Waals surface area contributed by atoms with Crippen LogP contribution in [0, 0.1) is 0 Å². The van der Waals surface area contributed by atoms with Gasteiger partial charge in [-0.05, 0) is 29.8 Å². The molecule has 1 fully saturated rings. The van der Waals surface area contributed by atoms with Crippen molar-refractivity contribution in [3.63, 3.8) is 0 Å². The van der Waals surface area contributed by atoms with E-state index in [2.05, 4.69) is 10.2 Å². The number of sulfonamides is 1. The zero-order valence-electron chi connectivity index (χ0n) is 16.2. The molecule has 1 aliphatic rings. The van der Waals surface area contributed by atoms with Crippen molar-refractivity contribution >= 4 is 38.9 Å². The van der Waals surface area contributed by atoms with Gasteiger partial charge in [-0.2, -0.15) is 0 Å². The Kier molecular flexibility index (Phi) is 7.00. The summed E-state index contributed by atoms with van der Waals surface area (Å²) >= 11 is 6.11. The second kappa shape index (κ2) is 9.47. The van der Waals surface area contributed by atoms with Crippen LogP contribution in [0.5, 0.6) is 0 Å². The number of ether oxygens (including phenoxy) is 1. The Bertz CT molecular complexity index is 944. The Hall–Kier alpha value is -2.29. The number of nitrogens with zero attached hydrogens (tertiary/aromatic N) is 2. The van der Waals surface area contributed by atoms with Crippen molar-refractivity contribution in [2.75, 3.05) is 48.3 Å². The van der Waals surface area contributed by atoms with E-state index in [0.29, 0.717) is 6.54 Å². The smallest absolute Gasteiger partial charge is 0.241 e. The lowest BCUT2D eigenvalue weighted by Gasteiger charge is -2.29. The van der Waals surface area contributed by atoms with Crippen molar-refractivity contribution in [3.8, 4) is 0 Å². The summed E-state index contributed by atoms with van der Waals surface area (Å²) in [5, 5.41) is 3.04. The molecule has 29 heavy (non-hydrogen) atoms. The minimum Gasteiger partial charge on any atom is -0.378 e. The molecule has 1 heterocycles. The second-order valence-electron chi connectivity index (χ2n) is 6.76. The zero-order valence-corrected chi connectivity index (χ0v) is 17.7. The number of carbonyl (C=O) groups excluding carboxylic acids is 1. The van der Waals surface area contributed by atoms with Gasteiger partial charge >= 0.3 is 0 Å². The van der Waals surface area contributed by atoms with Crippen LogP contribution < -0.4 is 14.5 Å². The molecule has 0 saturated carbocycles. The number of halogens is 1. The van der Waals surface area contributed by atoms with Gasteiger partial charge in [0.1, 0.15) is 6.54 Å². The lowest BCUT2D eigenvalue weighted by atomic mass is 10.2. The van der Waals surface area contributed by atoms with Crippen LogP contribution in [0.3, 0.4) is 0 Å². The van der Waals surface area contributed by atoms with Gasteiger partial charge in [-0.3, -0.25) is 9.10 Å². The van der Waals surface area contributed by atoms with Gasteiger partial charge in [0.25, 0.3) is 0 Å². The maximum absolute atomic E-state index is 12.4. The molecule has 156 valence electrons. The Labute approximate surface area is 176 Å². The predicted octanol–water partition coefficient (Wildman–Crippen LogP) is 2.26. The van der Waals surface area contributed by atoms with Crippen LogP contribution in [0.2, 0.25) is 5.02 Å². The summed E-state index contributed by atoms with van der Waals surface area (Å²) in [5.74, 6) is -0.410. The molecule has 0 aliphatic carbocycles. The minimum atomic E-state index is -3.66. The lowest BCUT2D eigenvalue weighted by molar-refractivity contribution is -0.119. The summed E-state index contributed by atoms with van der Waals surface area (Å²) < 4.78 is 30.7. The molecule has 1 N–H and O–H groups in total. The largest absolute Gasteiger partial charge is 0.378 e. The van der Waals surface area contributed by atoms with Crippen molar-refractivity contribution in [1.82, 2.24) is 5.32 Å². The van der Waals surface area contributed by atoms with Crippen LogP contribution in [0.1, 0.15) is 5.56 Å². The van der Waals surface area contributed by atoms with Crippen LogP contribution in [0.25, 0.3) is 0 Å². The van der Waals surface area contributed by atoms with Crippen LogP contribution in [0.4, 0.5) is 11.4 Å². The molecular weight excluding hydrogens is 414 g/mol. The van der Waals surface area contributed by atoms with Crippen LogP contribution in [-0.2, 0) is 26.1 Å². The summed E-state index contributed by atoms with van der Waals surface area (Å²) in [7, 11) is -3.66. The number of hydrogen-bond acceptors (Lipinski definition) is 5. The maximum Gasteiger partial charge on any atom is 0.241 e. The molecule has 1 amide bonds. The number of hydrogen-bond donors (Lipinski definition) is 1. The monoisotopic (exact) mass is 437 g/mol. The van der Waals surface area contributed by atoms with Gasteiger partial charge in [0, 0.05) is 25.3 Å². The number of nitrogens with one attached hydrogen (secondary N) is 1. The quantitative estimate of drug-likeness (QED) is 0.718. The third kappa shape index (κ3) is 5.85. The summed E-state index contributed by atoms with van der Waals surface area (Å²) in [6.45, 7) is 3.13. The van der Waals surface area contributed by atoms with Crippen LogP contribution in [0.15, 0.2) is 48.5 Å². The van der Waals surface area contributed by atoms with Gasteiger partial charge in [-0.15, -0.1) is 0 Å². The first kappa shape index (κ1) is 21.4. The molecule has 0 spiro atoms. The number of benzene rings is 2. The van der Waals surface area contributed by atoms with Crippen molar-refractivity contribution < 1.29 is 17.9 Å². The average molecular weight is 438 g/mol. The molecule has 0 radical (unpaired) electrons. The first-order chi connectivity index (χ1) is 13.8. The minimum absolute atomic E-state index is 0.268. The summed E-state index contributed by atoms with van der Waals surface area (Å²) in [6.07, 6.45) is 1.05. The first-order valence-corrected chi connectivity index (χ1v) is 11.5. The molecule has 0 unspecified atom stereocenters. The molecule has 1 saturated heterocycles. The average Bonchev–Trinajstić information content (AvgIpc) is 2.71. The zero-order chi connectivity index (χ0) is 20.9. The molecule has 9 heteroatoms. The number of para-hydroxylation sites is 1. The third-order valence-corrected chi connectivity index (χ3v) is 6.06. The summed E-state index contributed by atoms with van der Waals surface area (Å²) in [6, 6.07) is 14.5. The van der Waals surface area contributed by atoms with E-state index in [0.717, 1.165) is 48.1 Å². The first-order valence-electron chi connectivity index (χ1n) is 9.25. The highest BCUT2D eigenvalue weighted by molar-refractivity contribution is 7.92. The molecule has 1 aliphatic heterocycles. The van der Waals surface area contributed by atoms with Crippen molar-refractivity contribution in [2.24, 2.45) is 0 Å². The standard InChI is InChI=1S/C20H24ClN3O4S/c1-29(26,27)24(19-5-3-2-4-18(19)21)15-20(25)22-14-16-6-8-17(9-7-16)23-10-12-28-13-11-23/h2-9H,10-15H2,1H3,(H,22,25). The van der Waals surface area contributed by atoms with Gasteiger partial charge in [0.15, 0.2) is 0 Å². The van der Waals surface area contributed by atoms with E-state index < -0.39 is 15.9 Å². The third-order valence-electron chi connectivity index (χ3n) is 4.61. The van der Waals surface area contributed by atoms with Crippen LogP contribution >= 0.6 is 11.6 Å². The van der Waals surface area contributed by atoms with Gasteiger partial charge in [0.05, 0.1) is 30.2 Å². The lowest BCUT2D eigenvalue weighted by Crippen LogP contribution is -2.40. The highest BCUT2D eigenvalue weighted by Gasteiger charge is 2.22. The van der Waals surface area contributed by atoms with E-state index in [1.165, 1.54) is 0 Å². The molecule has 0 atom stereocenters. The highest BCUT2D eigenvalue weighted by Crippen LogP contribution is 2.26. The van der Waals surface area contributed by atoms with E-state index in [4.69, 9.17) is 16.3 Å². The number of morpholine rings is 1. The van der Waals surface area contributed by atoms with E-state index in [-0.39, 0.29) is 17.3 Å². The Morgan fingerprint density at radius 1 is 1.14 bits per heavy atom. The fourth-order valence-electron chi connectivity index (χ4n) is 3.07. The number of carbonyl (C=O) groups is 1. The molecule has 0 bridgehead atoms. The van der Waals surface area contributed by atoms with Gasteiger partial charge in [-0.25, -0.2) is 8.42 Å². The Morgan fingerprint density at radius 2 is 1.79 bits per heavy atom. The maximum atomic E-state index is 12.4. The van der Waals surface area contributed by atoms with Crippen LogP contribution in [-0.4, -0.2) is 53.4 Å². The van der Waals surface area contributed by atoms with Gasteiger partial charge < -0.3 is 15.0 Å². The normalized spacial score (nSPS) is 14.5. The van der Waals surface area contributed by atoms with Gasteiger partial charge in [0.2, 0.25) is 15.9 Å². The number of amides is 1. The predicted molar refractivity (Wildman–Crippen MR) is 115 cm³/mol. The fourth-order valence-corrected chi connectivity index (χ4v) is 4.22. The number of anilines is 2. The van der Waals surface area contributed by atoms with E-state index in [9.17, 15) is 13.2 Å². The SMILES string of the molecule is CS(=O)(=O)N(CC(=O)NCc1ccc(N2CCOCC2)cc1)c1ccccc1Cl.